The molecule has 6 rings (SSSR count). The average Bonchev–Trinajstić information content (AvgIpc) is 3.32. The van der Waals surface area contributed by atoms with Gasteiger partial charge in [-0.15, -0.1) is 0 Å². The maximum Gasteiger partial charge on any atom is 0.268 e. The van der Waals surface area contributed by atoms with Gasteiger partial charge in [0.15, 0.2) is 5.66 Å². The van der Waals surface area contributed by atoms with Gasteiger partial charge in [0.1, 0.15) is 23.2 Å². The van der Waals surface area contributed by atoms with Crippen LogP contribution in [0.5, 0.6) is 0 Å². The zero-order chi connectivity index (χ0) is 23.7. The molecule has 0 spiro atoms. The van der Waals surface area contributed by atoms with Gasteiger partial charge in [-0.25, -0.2) is 0 Å². The van der Waals surface area contributed by atoms with Gasteiger partial charge in [-0.2, -0.15) is 0 Å². The number of anilines is 1. The second-order valence-electron chi connectivity index (χ2n) is 9.06. The Morgan fingerprint density at radius 1 is 0.571 bits per heavy atom. The second kappa shape index (κ2) is 9.13. The Labute approximate surface area is 207 Å². The van der Waals surface area contributed by atoms with Crippen molar-refractivity contribution in [2.45, 2.75) is 12.1 Å². The van der Waals surface area contributed by atoms with Crippen molar-refractivity contribution in [3.63, 3.8) is 0 Å². The van der Waals surface area contributed by atoms with E-state index in [1.165, 1.54) is 21.3 Å². The zero-order valence-corrected chi connectivity index (χ0v) is 20.4. The Kier molecular flexibility index (Phi) is 5.68. The van der Waals surface area contributed by atoms with Crippen LogP contribution in [-0.4, -0.2) is 18.1 Å². The van der Waals surface area contributed by atoms with Crippen LogP contribution in [0.1, 0.15) is 6.42 Å². The summed E-state index contributed by atoms with van der Waals surface area (Å²) in [6.45, 7) is 0.732. The number of hydrogen-bond donors (Lipinski definition) is 0. The molecule has 0 unspecified atom stereocenters. The fourth-order valence-corrected chi connectivity index (χ4v) is 10.5. The second-order valence-corrected chi connectivity index (χ2v) is 12.7. The molecule has 0 radical (unpaired) electrons. The third-order valence-electron chi connectivity index (χ3n) is 7.18. The summed E-state index contributed by atoms with van der Waals surface area (Å²) in [7, 11) is -2.25. The van der Waals surface area contributed by atoms with Crippen molar-refractivity contribution in [1.29, 1.82) is 0 Å². The fourth-order valence-electron chi connectivity index (χ4n) is 5.60. The third-order valence-corrected chi connectivity index (χ3v) is 11.9. The van der Waals surface area contributed by atoms with Gasteiger partial charge in [0.25, 0.3) is 5.91 Å². The highest BCUT2D eigenvalue weighted by Gasteiger charge is 2.58. The predicted octanol–water partition coefficient (Wildman–Crippen LogP) is 5.94. The molecule has 1 amide bonds. The van der Waals surface area contributed by atoms with E-state index in [1.807, 2.05) is 4.90 Å². The average molecular weight is 473 g/mol. The summed E-state index contributed by atoms with van der Waals surface area (Å²) in [6.07, 6.45) is 0.831. The number of nitrogens with zero attached hydrogens (tertiary/aromatic N) is 1. The van der Waals surface area contributed by atoms with Crippen LogP contribution < -0.4 is 20.8 Å². The molecule has 1 saturated heterocycles. The number of amides is 1. The molecule has 1 heterocycles. The summed E-state index contributed by atoms with van der Waals surface area (Å²) in [5.74, 6) is 0.227. The molecule has 3 heteroatoms. The normalized spacial score (nSPS) is 16.1. The van der Waals surface area contributed by atoms with Crippen LogP contribution in [0.2, 0.25) is 0 Å². The molecule has 1 aliphatic rings. The largest absolute Gasteiger partial charge is 0.309 e. The third kappa shape index (κ3) is 3.66. The van der Waals surface area contributed by atoms with Gasteiger partial charge in [0, 0.05) is 18.7 Å². The highest BCUT2D eigenvalue weighted by atomic mass is 31.2. The molecule has 35 heavy (non-hydrogen) atoms. The molecule has 0 bridgehead atoms. The number of carbonyl (C=O) groups excluding carboxylic acids is 1. The highest BCUT2D eigenvalue weighted by molar-refractivity contribution is 7.97. The van der Waals surface area contributed by atoms with Crippen molar-refractivity contribution in [2.24, 2.45) is 0 Å². The van der Waals surface area contributed by atoms with E-state index < -0.39 is 7.26 Å². The lowest BCUT2D eigenvalue weighted by molar-refractivity contribution is -0.116. The van der Waals surface area contributed by atoms with Crippen molar-refractivity contribution >= 4 is 45.5 Å². The minimum Gasteiger partial charge on any atom is -0.309 e. The number of carbonyl (C=O) groups is 1. The maximum atomic E-state index is 14.4. The summed E-state index contributed by atoms with van der Waals surface area (Å²) < 4.78 is 0. The summed E-state index contributed by atoms with van der Waals surface area (Å²) in [6, 6.07) is 46.9. The summed E-state index contributed by atoms with van der Waals surface area (Å²) in [4.78, 5) is 16.4. The Bertz CT molecular complexity index is 1370. The molecule has 0 aliphatic carbocycles. The van der Waals surface area contributed by atoms with E-state index in [4.69, 9.17) is 0 Å². The molecule has 1 fully saturated rings. The quantitative estimate of drug-likeness (QED) is 0.290. The van der Waals surface area contributed by atoms with E-state index in [2.05, 4.69) is 133 Å². The molecule has 5 aromatic rings. The molecule has 2 nitrogen and oxygen atoms in total. The van der Waals surface area contributed by atoms with E-state index in [9.17, 15) is 4.79 Å². The smallest absolute Gasteiger partial charge is 0.268 e. The first kappa shape index (κ1) is 21.8. The molecular formula is C32H27NOP+. The summed E-state index contributed by atoms with van der Waals surface area (Å²) in [5.41, 5.74) is 0.879. The molecule has 0 saturated carbocycles. The van der Waals surface area contributed by atoms with Gasteiger partial charge in [-0.1, -0.05) is 84.9 Å². The van der Waals surface area contributed by atoms with Crippen LogP contribution >= 0.6 is 7.26 Å². The molecule has 0 N–H and O–H groups in total. The van der Waals surface area contributed by atoms with Gasteiger partial charge in [0.05, 0.1) is 0 Å². The number of hydrogen-bond acceptors (Lipinski definition) is 1. The van der Waals surface area contributed by atoms with Gasteiger partial charge in [-0.3, -0.25) is 4.79 Å². The molecule has 1 aliphatic heterocycles. The zero-order valence-electron chi connectivity index (χ0n) is 19.5. The van der Waals surface area contributed by atoms with E-state index in [-0.39, 0.29) is 11.6 Å². The Balaban J connectivity index is 1.53. The van der Waals surface area contributed by atoms with Crippen molar-refractivity contribution in [3.05, 3.63) is 133 Å². The summed E-state index contributed by atoms with van der Waals surface area (Å²) >= 11 is 0. The highest BCUT2D eigenvalue weighted by Crippen LogP contribution is 2.62. The van der Waals surface area contributed by atoms with Crippen molar-refractivity contribution < 1.29 is 4.79 Å². The fraction of sp³-hybridized carbons (Fsp3) is 0.0938. The van der Waals surface area contributed by atoms with Gasteiger partial charge >= 0.3 is 0 Å². The van der Waals surface area contributed by atoms with E-state index in [1.54, 1.807) is 0 Å². The molecule has 0 aromatic heterocycles. The number of benzene rings is 5. The topological polar surface area (TPSA) is 20.3 Å². The predicted molar refractivity (Wildman–Crippen MR) is 150 cm³/mol. The van der Waals surface area contributed by atoms with Crippen molar-refractivity contribution in [3.8, 4) is 0 Å². The van der Waals surface area contributed by atoms with Crippen LogP contribution in [0, 0.1) is 0 Å². The Hall–Kier alpha value is -3.74. The van der Waals surface area contributed by atoms with Crippen LogP contribution in [0.3, 0.4) is 0 Å². The number of rotatable bonds is 5. The van der Waals surface area contributed by atoms with Gasteiger partial charge < -0.3 is 4.90 Å². The minimum atomic E-state index is -2.25. The SMILES string of the molecule is O=C1[C@H]([P+](c2ccccc2)(c2ccccc2)c2ccccc2)CCN1c1ccc2ccccc2c1. The van der Waals surface area contributed by atoms with Crippen molar-refractivity contribution in [2.75, 3.05) is 11.4 Å². The first-order chi connectivity index (χ1) is 17.3. The van der Waals surface area contributed by atoms with Crippen LogP contribution in [0.4, 0.5) is 5.69 Å². The lowest BCUT2D eigenvalue weighted by Crippen LogP contribution is -2.42. The maximum absolute atomic E-state index is 14.4. The lowest BCUT2D eigenvalue weighted by atomic mass is 10.1. The first-order valence-corrected chi connectivity index (χ1v) is 14.0. The van der Waals surface area contributed by atoms with Crippen LogP contribution in [-0.2, 0) is 4.79 Å². The number of fused-ring (bicyclic) bond motifs is 1. The van der Waals surface area contributed by atoms with Crippen molar-refractivity contribution in [1.82, 2.24) is 0 Å². The van der Waals surface area contributed by atoms with E-state index >= 15 is 0 Å². The molecule has 5 aromatic carbocycles. The van der Waals surface area contributed by atoms with Crippen LogP contribution in [0.15, 0.2) is 133 Å². The molecular weight excluding hydrogens is 445 g/mol. The van der Waals surface area contributed by atoms with Crippen LogP contribution in [0.25, 0.3) is 10.8 Å². The first-order valence-electron chi connectivity index (χ1n) is 12.1. The van der Waals surface area contributed by atoms with E-state index in [0.29, 0.717) is 0 Å². The monoisotopic (exact) mass is 472 g/mol. The molecule has 170 valence electrons. The summed E-state index contributed by atoms with van der Waals surface area (Å²) in [5, 5.41) is 6.14. The van der Waals surface area contributed by atoms with Gasteiger partial charge in [0.2, 0.25) is 0 Å². The molecule has 1 atom stereocenters. The Morgan fingerprint density at radius 2 is 1.06 bits per heavy atom. The minimum absolute atomic E-state index is 0.110. The Morgan fingerprint density at radius 3 is 1.60 bits per heavy atom. The van der Waals surface area contributed by atoms with Gasteiger partial charge in [-0.05, 0) is 59.3 Å². The standard InChI is InChI=1S/C32H27NOP/c34-32-31(22-23-33(32)27-21-20-25-12-10-11-13-26(25)24-27)35(28-14-4-1-5-15-28,29-16-6-2-7-17-29)30-18-8-3-9-19-30/h1-21,24,31H,22-23H2/q+1/t31-/m1/s1. The lowest BCUT2D eigenvalue weighted by Gasteiger charge is -2.32. The van der Waals surface area contributed by atoms with E-state index in [0.717, 1.165) is 24.0 Å².